The van der Waals surface area contributed by atoms with Crippen LogP contribution >= 0.6 is 11.6 Å². The first kappa shape index (κ1) is 24.2. The fourth-order valence-electron chi connectivity index (χ4n) is 2.64. The van der Waals surface area contributed by atoms with Crippen molar-refractivity contribution in [3.63, 3.8) is 0 Å². The van der Waals surface area contributed by atoms with Crippen molar-refractivity contribution >= 4 is 35.3 Å². The molecule has 0 aliphatic rings. The molecular weight excluding hydrogens is 420 g/mol. The van der Waals surface area contributed by atoms with E-state index in [1.807, 2.05) is 0 Å². The lowest BCUT2D eigenvalue weighted by Gasteiger charge is -2.24. The lowest BCUT2D eigenvalue weighted by Crippen LogP contribution is -2.38. The third-order valence-electron chi connectivity index (χ3n) is 4.04. The summed E-state index contributed by atoms with van der Waals surface area (Å²) in [5.41, 5.74) is 1.79. The Labute approximate surface area is 187 Å². The van der Waals surface area contributed by atoms with Crippen molar-refractivity contribution in [3.8, 4) is 11.1 Å². The van der Waals surface area contributed by atoms with E-state index < -0.39 is 17.7 Å². The second-order valence-corrected chi connectivity index (χ2v) is 8.28. The summed E-state index contributed by atoms with van der Waals surface area (Å²) in [7, 11) is 1.49. The van der Waals surface area contributed by atoms with Gasteiger partial charge >= 0.3 is 12.1 Å². The molecule has 2 rings (SSSR count). The summed E-state index contributed by atoms with van der Waals surface area (Å²) >= 11 is 6.33. The predicted molar refractivity (Wildman–Crippen MR) is 120 cm³/mol. The Morgan fingerprint density at radius 2 is 1.71 bits per heavy atom. The highest BCUT2D eigenvalue weighted by molar-refractivity contribution is 6.33. The number of hydrogen-bond acceptors (Lipinski definition) is 5. The van der Waals surface area contributed by atoms with Gasteiger partial charge in [-0.3, -0.25) is 4.79 Å². The molecule has 0 unspecified atom stereocenters. The first-order valence-electron chi connectivity index (χ1n) is 9.81. The fourth-order valence-corrected chi connectivity index (χ4v) is 2.87. The Kier molecular flexibility index (Phi) is 8.05. The number of halogens is 1. The van der Waals surface area contributed by atoms with Gasteiger partial charge in [-0.25, -0.2) is 9.59 Å². The molecule has 0 aliphatic heterocycles. The molecule has 2 amide bonds. The van der Waals surface area contributed by atoms with Crippen LogP contribution in [0.3, 0.4) is 0 Å². The van der Waals surface area contributed by atoms with Crippen molar-refractivity contribution in [2.24, 2.45) is 0 Å². The van der Waals surface area contributed by atoms with Gasteiger partial charge in [0.1, 0.15) is 12.1 Å². The zero-order valence-corrected chi connectivity index (χ0v) is 19.1. The molecule has 7 nitrogen and oxygen atoms in total. The molecule has 0 aromatic heterocycles. The van der Waals surface area contributed by atoms with E-state index >= 15 is 0 Å². The van der Waals surface area contributed by atoms with Crippen molar-refractivity contribution in [1.29, 1.82) is 0 Å². The summed E-state index contributed by atoms with van der Waals surface area (Å²) in [6.45, 7) is 7.16. The van der Waals surface area contributed by atoms with E-state index in [4.69, 9.17) is 21.1 Å². The summed E-state index contributed by atoms with van der Waals surface area (Å²) in [6, 6.07) is 11.9. The van der Waals surface area contributed by atoms with E-state index in [2.05, 4.69) is 5.32 Å². The van der Waals surface area contributed by atoms with Crippen LogP contribution in [0.15, 0.2) is 42.5 Å². The first-order chi connectivity index (χ1) is 14.5. The highest BCUT2D eigenvalue weighted by Gasteiger charge is 2.21. The number of ether oxygens (including phenoxy) is 2. The molecule has 0 spiro atoms. The molecule has 0 radical (unpaired) electrons. The van der Waals surface area contributed by atoms with Crippen LogP contribution in [0.1, 0.15) is 38.1 Å². The van der Waals surface area contributed by atoms with Gasteiger partial charge in [0.2, 0.25) is 5.91 Å². The Morgan fingerprint density at radius 3 is 2.29 bits per heavy atom. The normalized spacial score (nSPS) is 10.9. The van der Waals surface area contributed by atoms with E-state index in [-0.39, 0.29) is 12.5 Å². The molecule has 166 valence electrons. The number of hydrogen-bond donors (Lipinski definition) is 1. The molecule has 0 heterocycles. The number of likely N-dealkylation sites (N-methyl/N-ethyl adjacent to an activating group) is 1. The van der Waals surface area contributed by atoms with Crippen LogP contribution in [0.5, 0.6) is 0 Å². The topological polar surface area (TPSA) is 84.9 Å². The third kappa shape index (κ3) is 7.29. The van der Waals surface area contributed by atoms with Gasteiger partial charge in [-0.1, -0.05) is 23.7 Å². The minimum absolute atomic E-state index is 0.166. The number of rotatable bonds is 6. The molecule has 1 N–H and O–H groups in total. The Hall–Kier alpha value is -3.06. The van der Waals surface area contributed by atoms with Crippen LogP contribution in [-0.2, 0) is 14.3 Å². The molecule has 0 saturated carbocycles. The number of benzene rings is 2. The summed E-state index contributed by atoms with van der Waals surface area (Å²) in [4.78, 5) is 37.4. The number of carbonyl (C=O) groups excluding carboxylic acids is 3. The molecule has 8 heteroatoms. The van der Waals surface area contributed by atoms with Crippen molar-refractivity contribution in [2.45, 2.75) is 33.3 Å². The summed E-state index contributed by atoms with van der Waals surface area (Å²) in [5, 5.41) is 3.25. The van der Waals surface area contributed by atoms with E-state index in [9.17, 15) is 14.4 Å². The molecule has 2 aromatic rings. The number of carbonyl (C=O) groups is 3. The SMILES string of the molecule is CCOC(=O)c1ccc(-c2cc(NC(=O)CN(C)C(=O)OC(C)(C)C)ccc2Cl)cc1. The first-order valence-corrected chi connectivity index (χ1v) is 10.2. The number of amides is 2. The van der Waals surface area contributed by atoms with E-state index in [1.165, 1.54) is 11.9 Å². The maximum Gasteiger partial charge on any atom is 0.410 e. The maximum atomic E-state index is 12.4. The van der Waals surface area contributed by atoms with Crippen molar-refractivity contribution in [1.82, 2.24) is 4.90 Å². The fraction of sp³-hybridized carbons (Fsp3) is 0.348. The Morgan fingerprint density at radius 1 is 1.06 bits per heavy atom. The molecule has 0 atom stereocenters. The van der Waals surface area contributed by atoms with Crippen LogP contribution < -0.4 is 5.32 Å². The van der Waals surface area contributed by atoms with Gasteiger partial charge in [0.15, 0.2) is 0 Å². The van der Waals surface area contributed by atoms with Crippen LogP contribution in [0, 0.1) is 0 Å². The highest BCUT2D eigenvalue weighted by Crippen LogP contribution is 2.31. The average Bonchev–Trinajstić information content (AvgIpc) is 2.68. The van der Waals surface area contributed by atoms with Gasteiger partial charge in [0, 0.05) is 23.3 Å². The Bertz CT molecular complexity index is 951. The van der Waals surface area contributed by atoms with Crippen LogP contribution in [0.2, 0.25) is 5.02 Å². The van der Waals surface area contributed by atoms with Crippen molar-refractivity contribution < 1.29 is 23.9 Å². The zero-order valence-electron chi connectivity index (χ0n) is 18.3. The zero-order chi connectivity index (χ0) is 23.2. The van der Waals surface area contributed by atoms with Crippen molar-refractivity contribution in [2.75, 3.05) is 25.5 Å². The van der Waals surface area contributed by atoms with E-state index in [1.54, 1.807) is 70.2 Å². The van der Waals surface area contributed by atoms with Gasteiger partial charge in [0.25, 0.3) is 0 Å². The van der Waals surface area contributed by atoms with Gasteiger partial charge in [-0.15, -0.1) is 0 Å². The van der Waals surface area contributed by atoms with Crippen LogP contribution in [0.25, 0.3) is 11.1 Å². The number of nitrogens with zero attached hydrogens (tertiary/aromatic N) is 1. The minimum atomic E-state index is -0.643. The minimum Gasteiger partial charge on any atom is -0.462 e. The lowest BCUT2D eigenvalue weighted by atomic mass is 10.0. The maximum absolute atomic E-state index is 12.4. The Balaban J connectivity index is 2.10. The standard InChI is InChI=1S/C23H27ClN2O5/c1-6-30-21(28)16-9-7-15(8-10-16)18-13-17(11-12-19(18)24)25-20(27)14-26(5)22(29)31-23(2,3)4/h7-13H,6,14H2,1-5H3,(H,25,27). The van der Waals surface area contributed by atoms with E-state index in [0.29, 0.717) is 28.4 Å². The molecule has 2 aromatic carbocycles. The van der Waals surface area contributed by atoms with Crippen molar-refractivity contribution in [3.05, 3.63) is 53.1 Å². The lowest BCUT2D eigenvalue weighted by molar-refractivity contribution is -0.117. The molecular formula is C23H27ClN2O5. The summed E-state index contributed by atoms with van der Waals surface area (Å²) in [6.07, 6.45) is -0.582. The number of anilines is 1. The van der Waals surface area contributed by atoms with Gasteiger partial charge in [-0.2, -0.15) is 0 Å². The largest absolute Gasteiger partial charge is 0.462 e. The molecule has 0 aliphatic carbocycles. The van der Waals surface area contributed by atoms with Gasteiger partial charge in [-0.05, 0) is 63.6 Å². The number of nitrogens with one attached hydrogen (secondary N) is 1. The van der Waals surface area contributed by atoms with Crippen LogP contribution in [0.4, 0.5) is 10.5 Å². The molecule has 31 heavy (non-hydrogen) atoms. The summed E-state index contributed by atoms with van der Waals surface area (Å²) in [5.74, 6) is -0.769. The third-order valence-corrected chi connectivity index (χ3v) is 4.37. The monoisotopic (exact) mass is 446 g/mol. The number of esters is 1. The predicted octanol–water partition coefficient (Wildman–Crippen LogP) is 4.99. The van der Waals surface area contributed by atoms with Crippen LogP contribution in [-0.4, -0.2) is 48.7 Å². The van der Waals surface area contributed by atoms with E-state index in [0.717, 1.165) is 5.56 Å². The summed E-state index contributed by atoms with van der Waals surface area (Å²) < 4.78 is 10.2. The second-order valence-electron chi connectivity index (χ2n) is 7.88. The molecule has 0 fully saturated rings. The molecule has 0 bridgehead atoms. The average molecular weight is 447 g/mol. The molecule has 0 saturated heterocycles. The highest BCUT2D eigenvalue weighted by atomic mass is 35.5. The smallest absolute Gasteiger partial charge is 0.410 e. The van der Waals surface area contributed by atoms with Gasteiger partial charge < -0.3 is 19.7 Å². The second kappa shape index (κ2) is 10.3. The van der Waals surface area contributed by atoms with Gasteiger partial charge in [0.05, 0.1) is 12.2 Å². The quantitative estimate of drug-likeness (QED) is 0.632.